The first-order valence-corrected chi connectivity index (χ1v) is 7.81. The van der Waals surface area contributed by atoms with Crippen molar-refractivity contribution in [2.45, 2.75) is 6.54 Å². The number of nitrogens with zero attached hydrogens (tertiary/aromatic N) is 2. The summed E-state index contributed by atoms with van der Waals surface area (Å²) in [7, 11) is 5.02. The van der Waals surface area contributed by atoms with Crippen LogP contribution in [-0.4, -0.2) is 49.9 Å². The summed E-state index contributed by atoms with van der Waals surface area (Å²) in [4.78, 5) is 15.0. The molecule has 0 radical (unpaired) electrons. The van der Waals surface area contributed by atoms with Gasteiger partial charge in [-0.2, -0.15) is 0 Å². The first kappa shape index (κ1) is 15.8. The number of rotatable bonds is 4. The number of benzene rings is 1. The van der Waals surface area contributed by atoms with Crippen molar-refractivity contribution in [3.05, 3.63) is 34.1 Å². The van der Waals surface area contributed by atoms with E-state index in [0.29, 0.717) is 18.0 Å². The molecule has 1 aliphatic rings. The zero-order chi connectivity index (χ0) is 16.4. The maximum atomic E-state index is 12.7. The third-order valence-electron chi connectivity index (χ3n) is 4.41. The molecule has 6 heteroatoms. The number of hydrogen-bond acceptors (Lipinski definition) is 5. The highest BCUT2D eigenvalue weighted by Crippen LogP contribution is 2.31. The molecule has 1 fully saturated rings. The number of nitrogens with one attached hydrogen (secondary N) is 1. The second kappa shape index (κ2) is 6.60. The van der Waals surface area contributed by atoms with Crippen LogP contribution in [0.15, 0.2) is 23.0 Å². The van der Waals surface area contributed by atoms with Gasteiger partial charge in [0.1, 0.15) is 0 Å². The molecule has 1 aromatic carbocycles. The lowest BCUT2D eigenvalue weighted by atomic mass is 10.1. The summed E-state index contributed by atoms with van der Waals surface area (Å²) in [5.41, 5.74) is 1.70. The van der Waals surface area contributed by atoms with Crippen molar-refractivity contribution in [3.63, 3.8) is 0 Å². The minimum Gasteiger partial charge on any atom is -0.493 e. The van der Waals surface area contributed by atoms with Crippen molar-refractivity contribution in [2.24, 2.45) is 7.05 Å². The van der Waals surface area contributed by atoms with Gasteiger partial charge in [-0.3, -0.25) is 9.69 Å². The predicted molar refractivity (Wildman–Crippen MR) is 90.4 cm³/mol. The van der Waals surface area contributed by atoms with E-state index in [1.165, 1.54) is 0 Å². The molecule has 0 spiro atoms. The van der Waals surface area contributed by atoms with Crippen LogP contribution in [-0.2, 0) is 13.6 Å². The molecule has 0 aliphatic carbocycles. The minimum absolute atomic E-state index is 0.0447. The van der Waals surface area contributed by atoms with Crippen LogP contribution in [0.1, 0.15) is 5.56 Å². The zero-order valence-corrected chi connectivity index (χ0v) is 13.9. The van der Waals surface area contributed by atoms with Gasteiger partial charge in [0.15, 0.2) is 11.5 Å². The van der Waals surface area contributed by atoms with Crippen LogP contribution in [0, 0.1) is 0 Å². The van der Waals surface area contributed by atoms with Crippen LogP contribution in [0.5, 0.6) is 11.5 Å². The fraction of sp³-hybridized carbons (Fsp3) is 0.471. The Morgan fingerprint density at radius 1 is 1.09 bits per heavy atom. The molecule has 0 amide bonds. The summed E-state index contributed by atoms with van der Waals surface area (Å²) in [5, 5.41) is 4.31. The molecular weight excluding hydrogens is 294 g/mol. The van der Waals surface area contributed by atoms with E-state index in [4.69, 9.17) is 9.47 Å². The lowest BCUT2D eigenvalue weighted by Crippen LogP contribution is -2.43. The number of ether oxygens (including phenoxy) is 2. The topological polar surface area (TPSA) is 55.7 Å². The highest BCUT2D eigenvalue weighted by Gasteiger charge is 2.15. The number of fused-ring (bicyclic) bond motifs is 1. The average Bonchev–Trinajstić information content (AvgIpc) is 2.59. The van der Waals surface area contributed by atoms with Crippen molar-refractivity contribution >= 4 is 10.9 Å². The van der Waals surface area contributed by atoms with Gasteiger partial charge in [0.05, 0.1) is 19.7 Å². The standard InChI is InChI=1S/C17H23N3O3/c1-19-14-10-16(23-3)15(22-2)9-12(14)8-13(17(19)21)11-20-6-4-18-5-7-20/h8-10,18H,4-7,11H2,1-3H3. The van der Waals surface area contributed by atoms with Gasteiger partial charge in [0, 0.05) is 56.8 Å². The lowest BCUT2D eigenvalue weighted by molar-refractivity contribution is 0.232. The van der Waals surface area contributed by atoms with Crippen molar-refractivity contribution in [2.75, 3.05) is 40.4 Å². The van der Waals surface area contributed by atoms with E-state index in [9.17, 15) is 4.79 Å². The Balaban J connectivity index is 2.05. The molecule has 2 aromatic rings. The van der Waals surface area contributed by atoms with Crippen molar-refractivity contribution < 1.29 is 9.47 Å². The number of aromatic nitrogens is 1. The number of piperazine rings is 1. The molecule has 1 saturated heterocycles. The Bertz CT molecular complexity index is 764. The number of methoxy groups -OCH3 is 2. The first-order chi connectivity index (χ1) is 11.1. The monoisotopic (exact) mass is 317 g/mol. The van der Waals surface area contributed by atoms with Crippen LogP contribution in [0.3, 0.4) is 0 Å². The highest BCUT2D eigenvalue weighted by atomic mass is 16.5. The molecule has 6 nitrogen and oxygen atoms in total. The fourth-order valence-electron chi connectivity index (χ4n) is 3.09. The van der Waals surface area contributed by atoms with E-state index in [1.807, 2.05) is 18.2 Å². The zero-order valence-electron chi connectivity index (χ0n) is 13.9. The fourth-order valence-corrected chi connectivity index (χ4v) is 3.09. The molecule has 23 heavy (non-hydrogen) atoms. The SMILES string of the molecule is COc1cc2cc(CN3CCNCC3)c(=O)n(C)c2cc1OC. The summed E-state index contributed by atoms with van der Waals surface area (Å²) in [6.45, 7) is 4.55. The summed E-state index contributed by atoms with van der Waals surface area (Å²) >= 11 is 0. The maximum absolute atomic E-state index is 12.7. The van der Waals surface area contributed by atoms with Gasteiger partial charge in [-0.05, 0) is 12.1 Å². The van der Waals surface area contributed by atoms with Crippen LogP contribution in [0.4, 0.5) is 0 Å². The van der Waals surface area contributed by atoms with Crippen LogP contribution in [0.2, 0.25) is 0 Å². The van der Waals surface area contributed by atoms with E-state index >= 15 is 0 Å². The molecule has 2 heterocycles. The quantitative estimate of drug-likeness (QED) is 0.910. The summed E-state index contributed by atoms with van der Waals surface area (Å²) in [6, 6.07) is 5.75. The molecule has 0 unspecified atom stereocenters. The van der Waals surface area contributed by atoms with Gasteiger partial charge >= 0.3 is 0 Å². The Morgan fingerprint density at radius 3 is 2.39 bits per heavy atom. The van der Waals surface area contributed by atoms with Crippen molar-refractivity contribution in [1.29, 1.82) is 0 Å². The second-order valence-electron chi connectivity index (χ2n) is 5.83. The predicted octanol–water partition coefficient (Wildman–Crippen LogP) is 0.961. The van der Waals surface area contributed by atoms with E-state index in [-0.39, 0.29) is 5.56 Å². The maximum Gasteiger partial charge on any atom is 0.255 e. The Labute approximate surface area is 135 Å². The smallest absolute Gasteiger partial charge is 0.255 e. The number of pyridine rings is 1. The summed E-state index contributed by atoms with van der Waals surface area (Å²) in [6.07, 6.45) is 0. The van der Waals surface area contributed by atoms with Gasteiger partial charge in [-0.1, -0.05) is 0 Å². The van der Waals surface area contributed by atoms with E-state index < -0.39 is 0 Å². The van der Waals surface area contributed by atoms with Crippen LogP contribution < -0.4 is 20.3 Å². The van der Waals surface area contributed by atoms with Gasteiger partial charge in [-0.25, -0.2) is 0 Å². The van der Waals surface area contributed by atoms with Crippen LogP contribution in [0.25, 0.3) is 10.9 Å². The summed E-state index contributed by atoms with van der Waals surface area (Å²) in [5.74, 6) is 1.30. The molecule has 0 bridgehead atoms. The minimum atomic E-state index is 0.0447. The average molecular weight is 317 g/mol. The molecular formula is C17H23N3O3. The molecule has 3 rings (SSSR count). The highest BCUT2D eigenvalue weighted by molar-refractivity contribution is 5.83. The first-order valence-electron chi connectivity index (χ1n) is 7.81. The molecule has 1 N–H and O–H groups in total. The largest absolute Gasteiger partial charge is 0.493 e. The second-order valence-corrected chi connectivity index (χ2v) is 5.83. The third-order valence-corrected chi connectivity index (χ3v) is 4.41. The lowest BCUT2D eigenvalue weighted by Gasteiger charge is -2.27. The molecule has 0 saturated carbocycles. The number of aryl methyl sites for hydroxylation is 1. The normalized spacial score (nSPS) is 15.8. The Kier molecular flexibility index (Phi) is 4.54. The Hall–Kier alpha value is -2.05. The number of hydrogen-bond donors (Lipinski definition) is 1. The van der Waals surface area contributed by atoms with Crippen molar-refractivity contribution in [1.82, 2.24) is 14.8 Å². The molecule has 124 valence electrons. The van der Waals surface area contributed by atoms with E-state index in [2.05, 4.69) is 10.2 Å². The summed E-state index contributed by atoms with van der Waals surface area (Å²) < 4.78 is 12.4. The van der Waals surface area contributed by atoms with Gasteiger partial charge in [0.25, 0.3) is 5.56 Å². The van der Waals surface area contributed by atoms with Gasteiger partial charge < -0.3 is 19.4 Å². The van der Waals surface area contributed by atoms with Crippen molar-refractivity contribution in [3.8, 4) is 11.5 Å². The van der Waals surface area contributed by atoms with E-state index in [0.717, 1.165) is 42.6 Å². The molecule has 1 aromatic heterocycles. The third kappa shape index (κ3) is 3.04. The Morgan fingerprint density at radius 2 is 1.74 bits per heavy atom. The van der Waals surface area contributed by atoms with Gasteiger partial charge in [0.2, 0.25) is 0 Å². The van der Waals surface area contributed by atoms with Crippen LogP contribution >= 0.6 is 0 Å². The van der Waals surface area contributed by atoms with Gasteiger partial charge in [-0.15, -0.1) is 0 Å². The van der Waals surface area contributed by atoms with E-state index in [1.54, 1.807) is 25.8 Å². The molecule has 0 atom stereocenters. The molecule has 1 aliphatic heterocycles.